The van der Waals surface area contributed by atoms with Crippen LogP contribution in [0.25, 0.3) is 22.2 Å². The van der Waals surface area contributed by atoms with E-state index >= 15 is 0 Å². The fourth-order valence-corrected chi connectivity index (χ4v) is 5.66. The Morgan fingerprint density at radius 2 is 1.77 bits per heavy atom. The van der Waals surface area contributed by atoms with Gasteiger partial charge in [0.25, 0.3) is 0 Å². The number of rotatable bonds is 9. The third-order valence-electron chi connectivity index (χ3n) is 8.20. The van der Waals surface area contributed by atoms with Crippen LogP contribution < -0.4 is 20.7 Å². The predicted molar refractivity (Wildman–Crippen MR) is 178 cm³/mol. The zero-order valence-electron chi connectivity index (χ0n) is 26.5. The van der Waals surface area contributed by atoms with Gasteiger partial charge in [-0.3, -0.25) is 4.90 Å². The van der Waals surface area contributed by atoms with E-state index < -0.39 is 17.8 Å². The number of nitrogens with one attached hydrogen (secondary N) is 3. The molecule has 1 aliphatic heterocycles. The number of amides is 2. The van der Waals surface area contributed by atoms with Gasteiger partial charge in [-0.05, 0) is 62.5 Å². The summed E-state index contributed by atoms with van der Waals surface area (Å²) in [7, 11) is 5.73. The molecule has 0 bridgehead atoms. The zero-order chi connectivity index (χ0) is 33.8. The van der Waals surface area contributed by atoms with Crippen molar-refractivity contribution in [3.05, 3.63) is 90.4 Å². The molecule has 0 spiro atoms. The number of halogens is 3. The van der Waals surface area contributed by atoms with Crippen molar-refractivity contribution in [2.24, 2.45) is 0 Å². The van der Waals surface area contributed by atoms with Crippen LogP contribution in [0.15, 0.2) is 79.3 Å². The lowest BCUT2D eigenvalue weighted by Crippen LogP contribution is -2.31. The Labute approximate surface area is 275 Å². The van der Waals surface area contributed by atoms with Gasteiger partial charge in [-0.2, -0.15) is 18.2 Å². The van der Waals surface area contributed by atoms with Crippen molar-refractivity contribution in [2.75, 3.05) is 50.2 Å². The molecule has 248 valence electrons. The van der Waals surface area contributed by atoms with Gasteiger partial charge in [-0.25, -0.2) is 19.7 Å². The molecule has 0 aliphatic carbocycles. The van der Waals surface area contributed by atoms with Gasteiger partial charge in [0.05, 0.1) is 16.8 Å². The van der Waals surface area contributed by atoms with Crippen LogP contribution in [-0.4, -0.2) is 76.0 Å². The van der Waals surface area contributed by atoms with E-state index in [4.69, 9.17) is 4.74 Å². The summed E-state index contributed by atoms with van der Waals surface area (Å²) in [5.41, 5.74) is 0.842. The molecule has 11 nitrogen and oxygen atoms in total. The number of likely N-dealkylation sites (N-methyl/N-ethyl adjacent to an activating group) is 1. The van der Waals surface area contributed by atoms with Crippen molar-refractivity contribution in [3.8, 4) is 23.0 Å². The molecule has 1 atom stereocenters. The predicted octanol–water partition coefficient (Wildman–Crippen LogP) is 6.72. The molecular formula is C34H34F3N9O2. The maximum Gasteiger partial charge on any atom is 0.416 e. The third-order valence-corrected chi connectivity index (χ3v) is 8.20. The summed E-state index contributed by atoms with van der Waals surface area (Å²) >= 11 is 0. The average Bonchev–Trinajstić information content (AvgIpc) is 3.55. The fraction of sp³-hybridized carbons (Fsp3) is 0.265. The first-order valence-corrected chi connectivity index (χ1v) is 15.3. The van der Waals surface area contributed by atoms with E-state index in [1.807, 2.05) is 38.4 Å². The van der Waals surface area contributed by atoms with Crippen LogP contribution in [0.2, 0.25) is 0 Å². The van der Waals surface area contributed by atoms with E-state index in [1.54, 1.807) is 37.5 Å². The molecule has 3 N–H and O–H groups in total. The minimum Gasteiger partial charge on any atom is -0.438 e. The lowest BCUT2D eigenvalue weighted by atomic mass is 10.1. The summed E-state index contributed by atoms with van der Waals surface area (Å²) in [5, 5.41) is 9.70. The maximum absolute atomic E-state index is 13.7. The Hall–Kier alpha value is -5.34. The van der Waals surface area contributed by atoms with Crippen molar-refractivity contribution in [3.63, 3.8) is 0 Å². The van der Waals surface area contributed by atoms with Gasteiger partial charge in [0.2, 0.25) is 11.8 Å². The van der Waals surface area contributed by atoms with E-state index in [0.29, 0.717) is 57.7 Å². The number of carbonyl (C=O) groups is 1. The molecule has 0 saturated carbocycles. The number of hydrogen-bond acceptors (Lipinski definition) is 9. The highest BCUT2D eigenvalue weighted by molar-refractivity contribution is 6.07. The molecule has 48 heavy (non-hydrogen) atoms. The first-order chi connectivity index (χ1) is 23.1. The smallest absolute Gasteiger partial charge is 0.416 e. The number of carbonyl (C=O) groups excluding carboxylic acids is 1. The Morgan fingerprint density at radius 1 is 0.979 bits per heavy atom. The minimum absolute atomic E-state index is 0.0994. The number of ether oxygens (including phenoxy) is 1. The Balaban J connectivity index is 1.25. The third kappa shape index (κ3) is 7.29. The second kappa shape index (κ2) is 13.8. The van der Waals surface area contributed by atoms with Crippen molar-refractivity contribution >= 4 is 34.1 Å². The quantitative estimate of drug-likeness (QED) is 0.159. The number of hydrogen-bond donors (Lipinski definition) is 3. The molecule has 3 heterocycles. The molecule has 5 aromatic rings. The highest BCUT2D eigenvalue weighted by Gasteiger charge is 2.32. The van der Waals surface area contributed by atoms with E-state index in [1.165, 1.54) is 12.4 Å². The lowest BCUT2D eigenvalue weighted by Gasteiger charge is -2.22. The summed E-state index contributed by atoms with van der Waals surface area (Å²) in [6.45, 7) is 2.00. The minimum atomic E-state index is -4.56. The van der Waals surface area contributed by atoms with E-state index in [0.717, 1.165) is 31.6 Å². The number of likely N-dealkylation sites (tertiary alicyclic amines) is 1. The molecular weight excluding hydrogens is 623 g/mol. The van der Waals surface area contributed by atoms with E-state index in [-0.39, 0.29) is 11.6 Å². The summed E-state index contributed by atoms with van der Waals surface area (Å²) in [4.78, 5) is 34.8. The topological polar surface area (TPSA) is 120 Å². The normalized spacial score (nSPS) is 15.1. The SMILES string of the molecule is CNc1ncnc(-c2cccnc2Oc2ccc(NC(=O)Nc3cc(C(F)(F)F)ccc3CN3CC[C@@H](N(C)C)C3)c3ccccc23)n1. The number of fused-ring (bicyclic) bond motifs is 1. The Kier molecular flexibility index (Phi) is 9.37. The molecule has 0 radical (unpaired) electrons. The van der Waals surface area contributed by atoms with Crippen molar-refractivity contribution in [1.29, 1.82) is 0 Å². The highest BCUT2D eigenvalue weighted by Crippen LogP contribution is 2.37. The lowest BCUT2D eigenvalue weighted by molar-refractivity contribution is -0.137. The first kappa shape index (κ1) is 32.6. The number of benzene rings is 3. The number of pyridine rings is 1. The second-order valence-electron chi connectivity index (χ2n) is 11.6. The van der Waals surface area contributed by atoms with Gasteiger partial charge in [0, 0.05) is 55.4 Å². The van der Waals surface area contributed by atoms with Gasteiger partial charge in [-0.1, -0.05) is 30.3 Å². The van der Waals surface area contributed by atoms with Crippen molar-refractivity contribution in [1.82, 2.24) is 29.7 Å². The number of anilines is 3. The monoisotopic (exact) mass is 657 g/mol. The van der Waals surface area contributed by atoms with E-state index in [9.17, 15) is 18.0 Å². The summed E-state index contributed by atoms with van der Waals surface area (Å²) in [6.07, 6.45) is -0.623. The molecule has 6 rings (SSSR count). The molecule has 1 aliphatic rings. The van der Waals surface area contributed by atoms with Crippen molar-refractivity contribution < 1.29 is 22.7 Å². The van der Waals surface area contributed by atoms with Crippen LogP contribution >= 0.6 is 0 Å². The van der Waals surface area contributed by atoms with Gasteiger partial charge in [0.1, 0.15) is 12.1 Å². The molecule has 0 unspecified atom stereocenters. The summed E-state index contributed by atoms with van der Waals surface area (Å²) in [5.74, 6) is 1.48. The van der Waals surface area contributed by atoms with E-state index in [2.05, 4.69) is 45.7 Å². The van der Waals surface area contributed by atoms with Gasteiger partial charge < -0.3 is 25.6 Å². The number of alkyl halides is 3. The van der Waals surface area contributed by atoms with Crippen LogP contribution in [0.4, 0.5) is 35.3 Å². The highest BCUT2D eigenvalue weighted by atomic mass is 19.4. The molecule has 2 amide bonds. The number of aromatic nitrogens is 4. The fourth-order valence-electron chi connectivity index (χ4n) is 5.66. The van der Waals surface area contributed by atoms with Gasteiger partial charge in [-0.15, -0.1) is 0 Å². The molecule has 1 fully saturated rings. The van der Waals surface area contributed by atoms with Gasteiger partial charge >= 0.3 is 12.2 Å². The van der Waals surface area contributed by atoms with Crippen LogP contribution in [0.5, 0.6) is 11.6 Å². The van der Waals surface area contributed by atoms with Crippen LogP contribution in [0.3, 0.4) is 0 Å². The number of urea groups is 1. The van der Waals surface area contributed by atoms with Crippen LogP contribution in [0.1, 0.15) is 17.5 Å². The summed E-state index contributed by atoms with van der Waals surface area (Å²) < 4.78 is 47.3. The van der Waals surface area contributed by atoms with Crippen LogP contribution in [0, 0.1) is 0 Å². The zero-order valence-corrected chi connectivity index (χ0v) is 26.5. The van der Waals surface area contributed by atoms with Gasteiger partial charge in [0.15, 0.2) is 5.82 Å². The molecule has 14 heteroatoms. The maximum atomic E-state index is 13.7. The largest absolute Gasteiger partial charge is 0.438 e. The standard InChI is InChI=1S/C34H34F3N9O2/c1-38-32-41-20-40-30(44-32)26-9-6-15-39-31(26)48-29-13-12-27(24-7-4-5-8-25(24)29)42-33(47)43-28-17-22(34(35,36)37)11-10-21(28)18-46-16-14-23(19-46)45(2)3/h4-13,15,17,20,23H,14,16,18-19H2,1-3H3,(H2,42,43,47)(H,38,40,41,44)/t23-/m1/s1. The Bertz CT molecular complexity index is 1940. The molecule has 2 aromatic heterocycles. The first-order valence-electron chi connectivity index (χ1n) is 15.3. The Morgan fingerprint density at radius 3 is 2.52 bits per heavy atom. The number of nitrogens with zero attached hydrogens (tertiary/aromatic N) is 6. The van der Waals surface area contributed by atoms with Crippen molar-refractivity contribution in [2.45, 2.75) is 25.2 Å². The average molecular weight is 658 g/mol. The second-order valence-corrected chi connectivity index (χ2v) is 11.6. The molecule has 3 aromatic carbocycles. The van der Waals surface area contributed by atoms with Crippen LogP contribution in [-0.2, 0) is 12.7 Å². The summed E-state index contributed by atoms with van der Waals surface area (Å²) in [6, 6.07) is 17.3. The molecule has 1 saturated heterocycles.